The van der Waals surface area contributed by atoms with Crippen LogP contribution in [0.3, 0.4) is 0 Å². The van der Waals surface area contributed by atoms with Gasteiger partial charge < -0.3 is 5.32 Å². The summed E-state index contributed by atoms with van der Waals surface area (Å²) in [4.78, 5) is 10.2. The maximum absolute atomic E-state index is 6.01. The van der Waals surface area contributed by atoms with Gasteiger partial charge in [0.1, 0.15) is 16.7 Å². The van der Waals surface area contributed by atoms with Crippen molar-refractivity contribution in [1.82, 2.24) is 9.97 Å². The number of nitrogens with one attached hydrogen (secondary N) is 1. The minimum Gasteiger partial charge on any atom is -0.370 e. The molecule has 1 aromatic carbocycles. The third kappa shape index (κ3) is 4.39. The number of aromatic nitrogens is 2. The first-order valence-corrected chi connectivity index (χ1v) is 7.96. The van der Waals surface area contributed by atoms with Gasteiger partial charge in [-0.2, -0.15) is 0 Å². The van der Waals surface area contributed by atoms with Gasteiger partial charge in [-0.3, -0.25) is 0 Å². The summed E-state index contributed by atoms with van der Waals surface area (Å²) in [6.45, 7) is 5.04. The van der Waals surface area contributed by atoms with Crippen LogP contribution >= 0.6 is 23.4 Å². The van der Waals surface area contributed by atoms with Crippen molar-refractivity contribution in [2.24, 2.45) is 0 Å². The van der Waals surface area contributed by atoms with Crippen molar-refractivity contribution < 1.29 is 0 Å². The lowest BCUT2D eigenvalue weighted by atomic mass is 10.3. The van der Waals surface area contributed by atoms with Crippen molar-refractivity contribution in [3.05, 3.63) is 41.2 Å². The Morgan fingerprint density at radius 2 is 2.05 bits per heavy atom. The largest absolute Gasteiger partial charge is 0.370 e. The number of anilines is 1. The fraction of sp³-hybridized carbons (Fsp3) is 0.333. The van der Waals surface area contributed by atoms with Crippen LogP contribution in [0.25, 0.3) is 0 Å². The zero-order valence-electron chi connectivity index (χ0n) is 11.7. The Kier molecular flexibility index (Phi) is 5.68. The maximum atomic E-state index is 6.01. The number of rotatable bonds is 6. The van der Waals surface area contributed by atoms with Gasteiger partial charge in [0.2, 0.25) is 0 Å². The lowest BCUT2D eigenvalue weighted by molar-refractivity contribution is 0.810. The minimum atomic E-state index is 0.741. The van der Waals surface area contributed by atoms with E-state index in [2.05, 4.69) is 29.1 Å². The van der Waals surface area contributed by atoms with E-state index >= 15 is 0 Å². The first kappa shape index (κ1) is 15.1. The zero-order valence-corrected chi connectivity index (χ0v) is 13.3. The Balaban J connectivity index is 2.25. The van der Waals surface area contributed by atoms with Gasteiger partial charge in [0.15, 0.2) is 0 Å². The van der Waals surface area contributed by atoms with Crippen LogP contribution in [0.5, 0.6) is 0 Å². The van der Waals surface area contributed by atoms with Gasteiger partial charge in [0, 0.05) is 29.0 Å². The summed E-state index contributed by atoms with van der Waals surface area (Å²) in [7, 11) is 0. The fourth-order valence-corrected chi connectivity index (χ4v) is 2.93. The number of nitrogens with zero attached hydrogens (tertiary/aromatic N) is 2. The molecule has 5 heteroatoms. The lowest BCUT2D eigenvalue weighted by Gasteiger charge is -2.08. The van der Waals surface area contributed by atoms with E-state index < -0.39 is 0 Å². The van der Waals surface area contributed by atoms with Crippen LogP contribution in [0.1, 0.15) is 26.1 Å². The van der Waals surface area contributed by atoms with E-state index in [1.54, 1.807) is 11.8 Å². The highest BCUT2D eigenvalue weighted by Crippen LogP contribution is 2.29. The maximum Gasteiger partial charge on any atom is 0.132 e. The smallest absolute Gasteiger partial charge is 0.132 e. The predicted octanol–water partition coefficient (Wildman–Crippen LogP) is 4.67. The van der Waals surface area contributed by atoms with Gasteiger partial charge >= 0.3 is 0 Å². The van der Waals surface area contributed by atoms with Crippen LogP contribution in [-0.4, -0.2) is 16.5 Å². The van der Waals surface area contributed by atoms with Crippen molar-refractivity contribution in [3.63, 3.8) is 0 Å². The molecule has 0 aliphatic heterocycles. The average Bonchev–Trinajstić information content (AvgIpc) is 2.39. The lowest BCUT2D eigenvalue weighted by Crippen LogP contribution is -2.04. The zero-order chi connectivity index (χ0) is 14.4. The normalized spacial score (nSPS) is 10.6. The number of hydrogen-bond donors (Lipinski definition) is 1. The third-order valence-corrected chi connectivity index (χ3v) is 3.74. The molecule has 0 unspecified atom stereocenters. The molecule has 0 radical (unpaired) electrons. The van der Waals surface area contributed by atoms with Gasteiger partial charge in [0.05, 0.1) is 0 Å². The molecule has 3 nitrogen and oxygen atoms in total. The van der Waals surface area contributed by atoms with Crippen molar-refractivity contribution in [2.75, 3.05) is 11.9 Å². The summed E-state index contributed by atoms with van der Waals surface area (Å²) in [5.74, 6) is 1.77. The van der Waals surface area contributed by atoms with Crippen LogP contribution in [-0.2, 0) is 6.42 Å². The molecule has 1 aromatic heterocycles. The Morgan fingerprint density at radius 1 is 1.20 bits per heavy atom. The molecule has 0 atom stereocenters. The highest BCUT2D eigenvalue weighted by atomic mass is 35.5. The van der Waals surface area contributed by atoms with Crippen molar-refractivity contribution in [3.8, 4) is 0 Å². The Morgan fingerprint density at radius 3 is 2.75 bits per heavy atom. The van der Waals surface area contributed by atoms with Crippen LogP contribution in [0.4, 0.5) is 5.82 Å². The Labute approximate surface area is 129 Å². The summed E-state index contributed by atoms with van der Waals surface area (Å²) >= 11 is 7.62. The quantitative estimate of drug-likeness (QED) is 0.787. The summed E-state index contributed by atoms with van der Waals surface area (Å²) < 4.78 is 0. The first-order chi connectivity index (χ1) is 9.71. The molecule has 0 saturated heterocycles. The molecule has 0 saturated carbocycles. The molecule has 1 heterocycles. The number of aryl methyl sites for hydroxylation is 1. The molecular formula is C15H18ClN3S. The highest BCUT2D eigenvalue weighted by Gasteiger charge is 2.06. The van der Waals surface area contributed by atoms with E-state index in [-0.39, 0.29) is 0 Å². The van der Waals surface area contributed by atoms with E-state index in [1.807, 2.05) is 30.3 Å². The number of benzene rings is 1. The summed E-state index contributed by atoms with van der Waals surface area (Å²) in [6.07, 6.45) is 1.93. The molecule has 1 N–H and O–H groups in total. The van der Waals surface area contributed by atoms with Crippen molar-refractivity contribution in [2.45, 2.75) is 36.6 Å². The van der Waals surface area contributed by atoms with E-state index in [4.69, 9.17) is 11.6 Å². The van der Waals surface area contributed by atoms with Crippen molar-refractivity contribution in [1.29, 1.82) is 0 Å². The summed E-state index contributed by atoms with van der Waals surface area (Å²) in [5.41, 5.74) is 0. The van der Waals surface area contributed by atoms with E-state index in [0.29, 0.717) is 0 Å². The second-order valence-electron chi connectivity index (χ2n) is 4.35. The average molecular weight is 308 g/mol. The molecule has 106 valence electrons. The SMILES string of the molecule is CCCc1nc(NCC)cc(Sc2cccc(Cl)c2)n1. The van der Waals surface area contributed by atoms with Gasteiger partial charge in [-0.15, -0.1) is 0 Å². The Bertz CT molecular complexity index is 551. The van der Waals surface area contributed by atoms with Crippen LogP contribution < -0.4 is 5.32 Å². The van der Waals surface area contributed by atoms with Crippen LogP contribution in [0, 0.1) is 0 Å². The van der Waals surface area contributed by atoms with Crippen LogP contribution in [0.2, 0.25) is 5.02 Å². The molecule has 0 bridgehead atoms. The predicted molar refractivity (Wildman–Crippen MR) is 85.8 cm³/mol. The molecule has 0 aliphatic rings. The second-order valence-corrected chi connectivity index (χ2v) is 5.88. The molecule has 20 heavy (non-hydrogen) atoms. The third-order valence-electron chi connectivity index (χ3n) is 2.60. The molecule has 0 amide bonds. The molecule has 2 rings (SSSR count). The molecular weight excluding hydrogens is 290 g/mol. The number of hydrogen-bond acceptors (Lipinski definition) is 4. The van der Waals surface area contributed by atoms with Crippen LogP contribution in [0.15, 0.2) is 40.3 Å². The summed E-state index contributed by atoms with van der Waals surface area (Å²) in [5, 5.41) is 4.94. The monoisotopic (exact) mass is 307 g/mol. The van der Waals surface area contributed by atoms with E-state index in [0.717, 1.165) is 46.0 Å². The van der Waals surface area contributed by atoms with E-state index in [9.17, 15) is 0 Å². The first-order valence-electron chi connectivity index (χ1n) is 6.76. The van der Waals surface area contributed by atoms with Gasteiger partial charge in [-0.1, -0.05) is 36.4 Å². The minimum absolute atomic E-state index is 0.741. The van der Waals surface area contributed by atoms with Gasteiger partial charge in [-0.05, 0) is 31.5 Å². The standard InChI is InChI=1S/C15H18ClN3S/c1-3-6-13-18-14(17-4-2)10-15(19-13)20-12-8-5-7-11(16)9-12/h5,7-10H,3-4,6H2,1-2H3,(H,17,18,19). The van der Waals surface area contributed by atoms with Crippen molar-refractivity contribution >= 4 is 29.2 Å². The Hall–Kier alpha value is -1.26. The molecule has 0 aliphatic carbocycles. The number of halogens is 1. The van der Waals surface area contributed by atoms with Gasteiger partial charge in [-0.25, -0.2) is 9.97 Å². The topological polar surface area (TPSA) is 37.8 Å². The molecule has 2 aromatic rings. The fourth-order valence-electron chi connectivity index (χ4n) is 1.78. The molecule has 0 fully saturated rings. The molecule has 0 spiro atoms. The highest BCUT2D eigenvalue weighted by molar-refractivity contribution is 7.99. The van der Waals surface area contributed by atoms with E-state index in [1.165, 1.54) is 0 Å². The van der Waals surface area contributed by atoms with Gasteiger partial charge in [0.25, 0.3) is 0 Å². The second kappa shape index (κ2) is 7.50. The summed E-state index contributed by atoms with van der Waals surface area (Å²) in [6, 6.07) is 9.78.